The number of hydrogen-bond acceptors (Lipinski definition) is 8. The molecule has 0 amide bonds. The normalized spacial score (nSPS) is 16.0. The third kappa shape index (κ3) is 5.69. The molecule has 0 spiro atoms. The molecule has 2 N–H and O–H groups in total. The van der Waals surface area contributed by atoms with Gasteiger partial charge in [-0.15, -0.1) is 0 Å². The number of anilines is 3. The van der Waals surface area contributed by atoms with Gasteiger partial charge in [0.2, 0.25) is 17.8 Å². The number of aromatic nitrogens is 5. The monoisotopic (exact) mass is 476 g/mol. The summed E-state index contributed by atoms with van der Waals surface area (Å²) in [7, 11) is 0. The Kier molecular flexibility index (Phi) is 6.23. The van der Waals surface area contributed by atoms with Crippen molar-refractivity contribution >= 4 is 17.6 Å². The van der Waals surface area contributed by atoms with E-state index in [0.717, 1.165) is 6.07 Å². The maximum Gasteiger partial charge on any atom is 0.433 e. The molecule has 0 radical (unpaired) electrons. The summed E-state index contributed by atoms with van der Waals surface area (Å²) in [5, 5.41) is 14.9. The highest BCUT2D eigenvalue weighted by Gasteiger charge is 2.35. The van der Waals surface area contributed by atoms with E-state index in [1.54, 1.807) is 6.07 Å². The zero-order valence-electron chi connectivity index (χ0n) is 17.4. The quantitative estimate of drug-likeness (QED) is 0.498. The number of rotatable bonds is 5. The molecule has 3 heterocycles. The SMILES string of the molecule is N#Cc1cc(Nc2nc(NC3CCC(F)(F)CC3)nc(-c3cccc(C(F)(F)F)n3)n2)ccn1. The third-order valence-corrected chi connectivity index (χ3v) is 5.09. The van der Waals surface area contributed by atoms with Crippen molar-refractivity contribution in [3.8, 4) is 17.6 Å². The first-order valence-corrected chi connectivity index (χ1v) is 10.2. The van der Waals surface area contributed by atoms with Crippen molar-refractivity contribution in [2.75, 3.05) is 10.6 Å². The van der Waals surface area contributed by atoms with Crippen molar-refractivity contribution in [3.63, 3.8) is 0 Å². The second-order valence-electron chi connectivity index (χ2n) is 7.65. The molecule has 0 aromatic carbocycles. The summed E-state index contributed by atoms with van der Waals surface area (Å²) in [5.74, 6) is -2.92. The van der Waals surface area contributed by atoms with E-state index >= 15 is 0 Å². The van der Waals surface area contributed by atoms with Crippen LogP contribution < -0.4 is 10.6 Å². The average molecular weight is 476 g/mol. The number of pyridine rings is 2. The molecule has 34 heavy (non-hydrogen) atoms. The Bertz CT molecular complexity index is 1210. The van der Waals surface area contributed by atoms with Crippen LogP contribution in [-0.2, 0) is 6.18 Å². The van der Waals surface area contributed by atoms with Gasteiger partial charge in [0.15, 0.2) is 5.82 Å². The van der Waals surface area contributed by atoms with E-state index < -0.39 is 17.8 Å². The molecular weight excluding hydrogens is 459 g/mol. The van der Waals surface area contributed by atoms with Crippen LogP contribution in [-0.4, -0.2) is 36.9 Å². The van der Waals surface area contributed by atoms with Gasteiger partial charge in [-0.2, -0.15) is 33.4 Å². The van der Waals surface area contributed by atoms with Gasteiger partial charge >= 0.3 is 6.18 Å². The third-order valence-electron chi connectivity index (χ3n) is 5.09. The highest BCUT2D eigenvalue weighted by Crippen LogP contribution is 2.34. The summed E-state index contributed by atoms with van der Waals surface area (Å²) in [6.07, 6.45) is -3.52. The molecule has 3 aromatic heterocycles. The summed E-state index contributed by atoms with van der Waals surface area (Å²) in [6.45, 7) is 0. The minimum absolute atomic E-state index is 0.00325. The van der Waals surface area contributed by atoms with Crippen molar-refractivity contribution in [2.45, 2.75) is 43.8 Å². The first-order chi connectivity index (χ1) is 16.1. The largest absolute Gasteiger partial charge is 0.433 e. The van der Waals surface area contributed by atoms with E-state index in [9.17, 15) is 22.0 Å². The van der Waals surface area contributed by atoms with Crippen LogP contribution in [0.4, 0.5) is 39.5 Å². The molecule has 1 fully saturated rings. The van der Waals surface area contributed by atoms with Gasteiger partial charge < -0.3 is 10.6 Å². The lowest BCUT2D eigenvalue weighted by atomic mass is 9.92. The molecule has 0 saturated heterocycles. The lowest BCUT2D eigenvalue weighted by Gasteiger charge is -2.28. The van der Waals surface area contributed by atoms with E-state index in [2.05, 4.69) is 35.6 Å². The predicted molar refractivity (Wildman–Crippen MR) is 111 cm³/mol. The molecule has 0 atom stereocenters. The van der Waals surface area contributed by atoms with Gasteiger partial charge in [-0.05, 0) is 37.1 Å². The zero-order chi connectivity index (χ0) is 24.3. The van der Waals surface area contributed by atoms with Crippen LogP contribution in [0.15, 0.2) is 36.5 Å². The molecule has 1 saturated carbocycles. The lowest BCUT2D eigenvalue weighted by Crippen LogP contribution is -2.32. The maximum absolute atomic E-state index is 13.5. The van der Waals surface area contributed by atoms with E-state index in [1.165, 1.54) is 24.4 Å². The van der Waals surface area contributed by atoms with Crippen LogP contribution >= 0.6 is 0 Å². The highest BCUT2D eigenvalue weighted by molar-refractivity contribution is 5.59. The number of nitriles is 1. The summed E-state index contributed by atoms with van der Waals surface area (Å²) in [4.78, 5) is 20.0. The Labute approximate surface area is 190 Å². The number of halogens is 5. The van der Waals surface area contributed by atoms with Crippen LogP contribution in [0.3, 0.4) is 0 Å². The first-order valence-electron chi connectivity index (χ1n) is 10.2. The Morgan fingerprint density at radius 2 is 1.74 bits per heavy atom. The van der Waals surface area contributed by atoms with Crippen molar-refractivity contribution < 1.29 is 22.0 Å². The molecule has 13 heteroatoms. The molecule has 3 aromatic rings. The highest BCUT2D eigenvalue weighted by atomic mass is 19.4. The Morgan fingerprint density at radius 3 is 2.44 bits per heavy atom. The topological polar surface area (TPSA) is 112 Å². The fraction of sp³-hybridized carbons (Fsp3) is 0.333. The predicted octanol–water partition coefficient (Wildman–Crippen LogP) is 4.95. The van der Waals surface area contributed by atoms with Crippen LogP contribution in [0.2, 0.25) is 0 Å². The molecule has 1 aliphatic rings. The van der Waals surface area contributed by atoms with Crippen molar-refractivity contribution in [1.29, 1.82) is 5.26 Å². The summed E-state index contributed by atoms with van der Waals surface area (Å²) in [6, 6.07) is 7.85. The van der Waals surface area contributed by atoms with Gasteiger partial charge in [-0.3, -0.25) is 0 Å². The zero-order valence-corrected chi connectivity index (χ0v) is 17.4. The van der Waals surface area contributed by atoms with Crippen molar-refractivity contribution in [3.05, 3.63) is 47.9 Å². The molecule has 8 nitrogen and oxygen atoms in total. The minimum Gasteiger partial charge on any atom is -0.351 e. The Hall–Kier alpha value is -3.95. The van der Waals surface area contributed by atoms with Crippen molar-refractivity contribution in [1.82, 2.24) is 24.9 Å². The standard InChI is InChI=1S/C21H17F5N8/c22-20(23)7-4-12(5-8-20)29-18-32-17(15-2-1-3-16(31-15)21(24,25)26)33-19(34-18)30-13-6-9-28-14(10-13)11-27/h1-3,6,9-10,12H,4-5,7-8H2,(H2,28,29,30,32,33,34). The van der Waals surface area contributed by atoms with Gasteiger partial charge in [-0.1, -0.05) is 6.07 Å². The molecule has 0 aliphatic heterocycles. The number of nitrogens with zero attached hydrogens (tertiary/aromatic N) is 6. The molecule has 1 aliphatic carbocycles. The number of hydrogen-bond donors (Lipinski definition) is 2. The van der Waals surface area contributed by atoms with Crippen LogP contribution in [0.25, 0.3) is 11.5 Å². The molecular formula is C21H17F5N8. The lowest BCUT2D eigenvalue weighted by molar-refractivity contribution is -0.141. The molecule has 0 unspecified atom stereocenters. The smallest absolute Gasteiger partial charge is 0.351 e. The fourth-order valence-electron chi connectivity index (χ4n) is 3.39. The van der Waals surface area contributed by atoms with Crippen LogP contribution in [0.1, 0.15) is 37.1 Å². The van der Waals surface area contributed by atoms with Crippen LogP contribution in [0, 0.1) is 11.3 Å². The molecule has 176 valence electrons. The van der Waals surface area contributed by atoms with Crippen molar-refractivity contribution in [2.24, 2.45) is 0 Å². The summed E-state index contributed by atoms with van der Waals surface area (Å²) < 4.78 is 66.4. The summed E-state index contributed by atoms with van der Waals surface area (Å²) >= 11 is 0. The van der Waals surface area contributed by atoms with E-state index in [0.29, 0.717) is 5.69 Å². The van der Waals surface area contributed by atoms with Gasteiger partial charge in [0, 0.05) is 30.8 Å². The Morgan fingerprint density at radius 1 is 1.00 bits per heavy atom. The van der Waals surface area contributed by atoms with Gasteiger partial charge in [0.05, 0.1) is 0 Å². The number of alkyl halides is 5. The first kappa shape index (κ1) is 23.2. The van der Waals surface area contributed by atoms with Gasteiger partial charge in [0.1, 0.15) is 23.2 Å². The fourth-order valence-corrected chi connectivity index (χ4v) is 3.39. The second kappa shape index (κ2) is 9.12. The molecule has 0 bridgehead atoms. The van der Waals surface area contributed by atoms with Gasteiger partial charge in [-0.25, -0.2) is 18.7 Å². The second-order valence-corrected chi connectivity index (χ2v) is 7.65. The number of nitrogens with one attached hydrogen (secondary N) is 2. The minimum atomic E-state index is -4.66. The maximum atomic E-state index is 13.5. The average Bonchev–Trinajstić information content (AvgIpc) is 2.80. The van der Waals surface area contributed by atoms with E-state index in [4.69, 9.17) is 5.26 Å². The van der Waals surface area contributed by atoms with Gasteiger partial charge in [0.25, 0.3) is 0 Å². The van der Waals surface area contributed by atoms with E-state index in [1.807, 2.05) is 6.07 Å². The Balaban J connectivity index is 1.68. The molecule has 4 rings (SSSR count). The summed E-state index contributed by atoms with van der Waals surface area (Å²) in [5.41, 5.74) is -0.730. The van der Waals surface area contributed by atoms with Crippen LogP contribution in [0.5, 0.6) is 0 Å². The van der Waals surface area contributed by atoms with E-state index in [-0.39, 0.29) is 60.8 Å².